The van der Waals surface area contributed by atoms with Crippen LogP contribution in [-0.4, -0.2) is 38.9 Å². The summed E-state index contributed by atoms with van der Waals surface area (Å²) in [7, 11) is 1.64. The summed E-state index contributed by atoms with van der Waals surface area (Å²) in [6.45, 7) is 9.37. The van der Waals surface area contributed by atoms with Crippen molar-refractivity contribution in [1.29, 1.82) is 5.41 Å². The minimum atomic E-state index is -0.121. The molecule has 3 aromatic rings. The lowest BCUT2D eigenvalue weighted by molar-refractivity contribution is 0.0965. The number of ketones is 1. The molecule has 0 unspecified atom stereocenters. The van der Waals surface area contributed by atoms with Crippen LogP contribution in [0.2, 0.25) is 0 Å². The first-order valence-electron chi connectivity index (χ1n) is 10.5. The van der Waals surface area contributed by atoms with Gasteiger partial charge in [0.15, 0.2) is 11.4 Å². The largest absolute Gasteiger partial charge is 0.477 e. The van der Waals surface area contributed by atoms with Gasteiger partial charge in [-0.05, 0) is 41.2 Å². The molecular formula is C23H31N5O3. The van der Waals surface area contributed by atoms with Crippen LogP contribution in [0, 0.1) is 5.41 Å². The Kier molecular flexibility index (Phi) is 6.90. The molecule has 31 heavy (non-hydrogen) atoms. The second-order valence-electron chi connectivity index (χ2n) is 8.65. The SMILES string of the molecule is CCCCOc1ccc2nn(CC(=O)c3cc(COC)cc(C(C)(C)C)c3)c(=N)n2n1. The fourth-order valence-corrected chi connectivity index (χ4v) is 3.18. The second kappa shape index (κ2) is 9.43. The quantitative estimate of drug-likeness (QED) is 0.418. The molecule has 2 heterocycles. The molecule has 1 N–H and O–H groups in total. The highest BCUT2D eigenvalue weighted by Crippen LogP contribution is 2.25. The molecule has 3 rings (SSSR count). The minimum absolute atomic E-state index is 0.0217. The van der Waals surface area contributed by atoms with Crippen LogP contribution < -0.4 is 10.4 Å². The number of ether oxygens (including phenoxy) is 2. The van der Waals surface area contributed by atoms with Gasteiger partial charge in [-0.3, -0.25) is 10.2 Å². The zero-order chi connectivity index (χ0) is 22.6. The molecule has 0 saturated carbocycles. The van der Waals surface area contributed by atoms with E-state index < -0.39 is 0 Å². The van der Waals surface area contributed by atoms with Crippen LogP contribution in [0.5, 0.6) is 5.88 Å². The van der Waals surface area contributed by atoms with E-state index in [0.29, 0.717) is 30.3 Å². The number of hydrogen-bond donors (Lipinski definition) is 1. The monoisotopic (exact) mass is 425 g/mol. The van der Waals surface area contributed by atoms with Crippen molar-refractivity contribution in [1.82, 2.24) is 19.4 Å². The Morgan fingerprint density at radius 3 is 2.61 bits per heavy atom. The molecule has 8 nitrogen and oxygen atoms in total. The number of aromatic nitrogens is 4. The van der Waals surface area contributed by atoms with Gasteiger partial charge in [0.25, 0.3) is 0 Å². The molecule has 0 saturated heterocycles. The highest BCUT2D eigenvalue weighted by Gasteiger charge is 2.19. The molecule has 0 bridgehead atoms. The Morgan fingerprint density at radius 2 is 1.94 bits per heavy atom. The van der Waals surface area contributed by atoms with Crippen molar-refractivity contribution in [3.05, 3.63) is 52.6 Å². The zero-order valence-corrected chi connectivity index (χ0v) is 18.9. The van der Waals surface area contributed by atoms with Crippen LogP contribution >= 0.6 is 0 Å². The Bertz CT molecular complexity index is 1120. The van der Waals surface area contributed by atoms with E-state index in [4.69, 9.17) is 14.9 Å². The lowest BCUT2D eigenvalue weighted by Crippen LogP contribution is -2.26. The highest BCUT2D eigenvalue weighted by atomic mass is 16.5. The number of carbonyl (C=O) groups is 1. The van der Waals surface area contributed by atoms with Gasteiger partial charge in [0.2, 0.25) is 11.5 Å². The Morgan fingerprint density at radius 1 is 1.16 bits per heavy atom. The Labute approximate surface area is 182 Å². The van der Waals surface area contributed by atoms with Crippen LogP contribution in [-0.2, 0) is 23.3 Å². The van der Waals surface area contributed by atoms with Crippen molar-refractivity contribution >= 4 is 11.4 Å². The molecule has 0 fully saturated rings. The van der Waals surface area contributed by atoms with Gasteiger partial charge in [-0.25, -0.2) is 4.68 Å². The zero-order valence-electron chi connectivity index (χ0n) is 18.9. The van der Waals surface area contributed by atoms with Crippen LogP contribution in [0.4, 0.5) is 0 Å². The Balaban J connectivity index is 1.88. The summed E-state index contributed by atoms with van der Waals surface area (Å²) in [5.41, 5.74) is 3.00. The van der Waals surface area contributed by atoms with Gasteiger partial charge in [-0.1, -0.05) is 40.2 Å². The molecule has 0 atom stereocenters. The van der Waals surface area contributed by atoms with E-state index in [1.807, 2.05) is 12.1 Å². The maximum absolute atomic E-state index is 13.1. The number of hydrogen-bond acceptors (Lipinski definition) is 6. The first-order chi connectivity index (χ1) is 14.7. The number of nitrogens with one attached hydrogen (secondary N) is 1. The van der Waals surface area contributed by atoms with Gasteiger partial charge in [0, 0.05) is 18.7 Å². The van der Waals surface area contributed by atoms with E-state index in [2.05, 4.69) is 44.0 Å². The molecule has 0 aliphatic carbocycles. The van der Waals surface area contributed by atoms with Crippen molar-refractivity contribution in [3.63, 3.8) is 0 Å². The Hall–Kier alpha value is -3.00. The fraction of sp³-hybridized carbons (Fsp3) is 0.478. The molecule has 8 heteroatoms. The van der Waals surface area contributed by atoms with Crippen LogP contribution in [0.15, 0.2) is 30.3 Å². The summed E-state index contributed by atoms with van der Waals surface area (Å²) < 4.78 is 13.6. The fourth-order valence-electron chi connectivity index (χ4n) is 3.18. The van der Waals surface area contributed by atoms with Gasteiger partial charge in [0.05, 0.1) is 13.2 Å². The molecule has 0 aliphatic heterocycles. The van der Waals surface area contributed by atoms with E-state index in [1.165, 1.54) is 9.20 Å². The van der Waals surface area contributed by atoms with Gasteiger partial charge in [-0.2, -0.15) is 4.52 Å². The summed E-state index contributed by atoms with van der Waals surface area (Å²) >= 11 is 0. The molecule has 0 spiro atoms. The minimum Gasteiger partial charge on any atom is -0.477 e. The lowest BCUT2D eigenvalue weighted by atomic mass is 9.84. The molecule has 0 amide bonds. The first-order valence-corrected chi connectivity index (χ1v) is 10.5. The normalized spacial score (nSPS) is 11.8. The predicted molar refractivity (Wildman–Crippen MR) is 117 cm³/mol. The number of methoxy groups -OCH3 is 1. The number of Topliss-reactive ketones (excluding diaryl/α,β-unsaturated/α-hetero) is 1. The van der Waals surface area contributed by atoms with Gasteiger partial charge < -0.3 is 9.47 Å². The van der Waals surface area contributed by atoms with Crippen LogP contribution in [0.1, 0.15) is 62.0 Å². The van der Waals surface area contributed by atoms with E-state index >= 15 is 0 Å². The van der Waals surface area contributed by atoms with Crippen molar-refractivity contribution in [2.75, 3.05) is 13.7 Å². The standard InChI is InChI=1S/C23H31N5O3/c1-6-7-10-31-21-9-8-20-25-27(22(24)28(20)26-21)14-19(29)17-11-16(15-30-5)12-18(13-17)23(2,3)4/h8-9,11-13,24H,6-7,10,14-15H2,1-5H3. The number of rotatable bonds is 9. The number of benzene rings is 1. The van der Waals surface area contributed by atoms with E-state index in [1.54, 1.807) is 19.2 Å². The smallest absolute Gasteiger partial charge is 0.242 e. The number of nitrogens with zero attached hydrogens (tertiary/aromatic N) is 4. The maximum Gasteiger partial charge on any atom is 0.242 e. The number of fused-ring (bicyclic) bond motifs is 1. The maximum atomic E-state index is 13.1. The summed E-state index contributed by atoms with van der Waals surface area (Å²) in [4.78, 5) is 13.1. The third kappa shape index (κ3) is 5.38. The van der Waals surface area contributed by atoms with Gasteiger partial charge in [0.1, 0.15) is 6.54 Å². The summed E-state index contributed by atoms with van der Waals surface area (Å²) in [6, 6.07) is 9.30. The number of carbonyl (C=O) groups excluding carboxylic acids is 1. The van der Waals surface area contributed by atoms with Gasteiger partial charge >= 0.3 is 0 Å². The van der Waals surface area contributed by atoms with E-state index in [9.17, 15) is 4.79 Å². The first kappa shape index (κ1) is 22.7. The highest BCUT2D eigenvalue weighted by molar-refractivity contribution is 5.96. The number of unbranched alkanes of at least 4 members (excludes halogenated alkanes) is 1. The van der Waals surface area contributed by atoms with Crippen molar-refractivity contribution < 1.29 is 14.3 Å². The van der Waals surface area contributed by atoms with Crippen molar-refractivity contribution in [2.45, 2.75) is 59.1 Å². The van der Waals surface area contributed by atoms with Crippen molar-refractivity contribution in [3.8, 4) is 5.88 Å². The second-order valence-corrected chi connectivity index (χ2v) is 8.65. The summed E-state index contributed by atoms with van der Waals surface area (Å²) in [5.74, 6) is 0.317. The molecule has 2 aromatic heterocycles. The average molecular weight is 426 g/mol. The van der Waals surface area contributed by atoms with Crippen molar-refractivity contribution in [2.24, 2.45) is 0 Å². The summed E-state index contributed by atoms with van der Waals surface area (Å²) in [5, 5.41) is 17.1. The average Bonchev–Trinajstić information content (AvgIpc) is 3.02. The molecule has 0 radical (unpaired) electrons. The molecule has 1 aromatic carbocycles. The molecule has 0 aliphatic rings. The molecule has 166 valence electrons. The van der Waals surface area contributed by atoms with E-state index in [-0.39, 0.29) is 23.4 Å². The third-order valence-electron chi connectivity index (χ3n) is 4.99. The summed E-state index contributed by atoms with van der Waals surface area (Å²) in [6.07, 6.45) is 1.96. The predicted octanol–water partition coefficient (Wildman–Crippen LogP) is 3.52. The van der Waals surface area contributed by atoms with Crippen LogP contribution in [0.3, 0.4) is 0 Å². The molecular weight excluding hydrogens is 394 g/mol. The van der Waals surface area contributed by atoms with E-state index in [0.717, 1.165) is 24.0 Å². The topological polar surface area (TPSA) is 94.5 Å². The lowest BCUT2D eigenvalue weighted by Gasteiger charge is -2.21. The van der Waals surface area contributed by atoms with Gasteiger partial charge in [-0.15, -0.1) is 10.2 Å². The van der Waals surface area contributed by atoms with Crippen LogP contribution in [0.25, 0.3) is 5.65 Å². The third-order valence-corrected chi connectivity index (χ3v) is 4.99.